The van der Waals surface area contributed by atoms with E-state index in [1.807, 2.05) is 49.6 Å². The SMILES string of the molecule is c1cncc(CC[Si](CCc2cccnc2)(CCc2cccnc2)CCc2cccnc2)c1. The summed E-state index contributed by atoms with van der Waals surface area (Å²) in [5, 5.41) is 0. The summed E-state index contributed by atoms with van der Waals surface area (Å²) in [4.78, 5) is 17.4. The Morgan fingerprint density at radius 2 is 0.697 bits per heavy atom. The van der Waals surface area contributed by atoms with E-state index in [4.69, 9.17) is 0 Å². The molecule has 5 heteroatoms. The molecule has 0 saturated carbocycles. The average molecular weight is 453 g/mol. The third-order valence-corrected chi connectivity index (χ3v) is 11.9. The fourth-order valence-electron chi connectivity index (χ4n) is 4.57. The van der Waals surface area contributed by atoms with Crippen molar-refractivity contribution in [3.05, 3.63) is 120 Å². The van der Waals surface area contributed by atoms with Gasteiger partial charge in [-0.05, 0) is 72.2 Å². The minimum absolute atomic E-state index is 1.10. The predicted molar refractivity (Wildman–Crippen MR) is 137 cm³/mol. The van der Waals surface area contributed by atoms with Crippen LogP contribution in [0.25, 0.3) is 0 Å². The Labute approximate surface area is 198 Å². The fourth-order valence-corrected chi connectivity index (χ4v) is 9.35. The first-order valence-corrected chi connectivity index (χ1v) is 14.7. The minimum atomic E-state index is -1.64. The maximum absolute atomic E-state index is 4.36. The van der Waals surface area contributed by atoms with Gasteiger partial charge in [0.25, 0.3) is 0 Å². The molecule has 0 radical (unpaired) electrons. The Hall–Kier alpha value is -3.18. The Balaban J connectivity index is 1.56. The van der Waals surface area contributed by atoms with Crippen molar-refractivity contribution >= 4 is 8.07 Å². The Kier molecular flexibility index (Phi) is 8.47. The molecule has 168 valence electrons. The zero-order chi connectivity index (χ0) is 22.6. The number of hydrogen-bond acceptors (Lipinski definition) is 4. The van der Waals surface area contributed by atoms with Gasteiger partial charge in [0.2, 0.25) is 0 Å². The molecule has 33 heavy (non-hydrogen) atoms. The summed E-state index contributed by atoms with van der Waals surface area (Å²) in [5.74, 6) is 0. The molecule has 4 rings (SSSR count). The van der Waals surface area contributed by atoms with Crippen molar-refractivity contribution in [3.8, 4) is 0 Å². The highest BCUT2D eigenvalue weighted by Gasteiger charge is 2.32. The largest absolute Gasteiger partial charge is 0.264 e. The third-order valence-electron chi connectivity index (χ3n) is 6.67. The molecule has 0 spiro atoms. The van der Waals surface area contributed by atoms with Crippen molar-refractivity contribution in [2.75, 3.05) is 0 Å². The van der Waals surface area contributed by atoms with Gasteiger partial charge in [-0.15, -0.1) is 0 Å². The third kappa shape index (κ3) is 7.43. The first-order valence-electron chi connectivity index (χ1n) is 11.9. The Bertz CT molecular complexity index is 881. The summed E-state index contributed by atoms with van der Waals surface area (Å²) in [6, 6.07) is 22.2. The van der Waals surface area contributed by atoms with Gasteiger partial charge in [0.15, 0.2) is 0 Å². The molecule has 0 saturated heterocycles. The van der Waals surface area contributed by atoms with Crippen molar-refractivity contribution in [2.24, 2.45) is 0 Å². The molecule has 0 amide bonds. The van der Waals surface area contributed by atoms with Crippen molar-refractivity contribution < 1.29 is 0 Å². The molecule has 4 heterocycles. The van der Waals surface area contributed by atoms with Gasteiger partial charge in [-0.25, -0.2) is 0 Å². The molecule has 0 atom stereocenters. The molecule has 4 aromatic heterocycles. The highest BCUT2D eigenvalue weighted by molar-refractivity contribution is 6.80. The van der Waals surface area contributed by atoms with Crippen LogP contribution in [-0.2, 0) is 25.7 Å². The molecule has 0 aliphatic rings. The number of aromatic nitrogens is 4. The van der Waals surface area contributed by atoms with Gasteiger partial charge in [0.1, 0.15) is 0 Å². The maximum Gasteiger partial charge on any atom is 0.0548 e. The first-order chi connectivity index (χ1) is 16.3. The summed E-state index contributed by atoms with van der Waals surface area (Å²) >= 11 is 0. The van der Waals surface area contributed by atoms with E-state index in [0.29, 0.717) is 0 Å². The van der Waals surface area contributed by atoms with Crippen LogP contribution in [0.2, 0.25) is 24.2 Å². The van der Waals surface area contributed by atoms with Crippen molar-refractivity contribution in [1.29, 1.82) is 0 Å². The molecular weight excluding hydrogens is 420 g/mol. The van der Waals surface area contributed by atoms with Crippen LogP contribution in [0.5, 0.6) is 0 Å². The van der Waals surface area contributed by atoms with Crippen molar-refractivity contribution in [2.45, 2.75) is 49.9 Å². The van der Waals surface area contributed by atoms with E-state index in [1.54, 1.807) is 0 Å². The molecule has 0 fully saturated rings. The lowest BCUT2D eigenvalue weighted by Gasteiger charge is -2.33. The number of aryl methyl sites for hydroxylation is 4. The second-order valence-electron chi connectivity index (χ2n) is 8.95. The van der Waals surface area contributed by atoms with E-state index in [-0.39, 0.29) is 0 Å². The topological polar surface area (TPSA) is 51.6 Å². The van der Waals surface area contributed by atoms with Gasteiger partial charge in [-0.3, -0.25) is 19.9 Å². The van der Waals surface area contributed by atoms with Crippen molar-refractivity contribution in [1.82, 2.24) is 19.9 Å². The molecule has 0 aliphatic heterocycles. The normalized spacial score (nSPS) is 11.4. The second-order valence-corrected chi connectivity index (χ2v) is 13.9. The lowest BCUT2D eigenvalue weighted by molar-refractivity contribution is 0.911. The van der Waals surface area contributed by atoms with E-state index in [0.717, 1.165) is 25.7 Å². The van der Waals surface area contributed by atoms with Gasteiger partial charge in [0.05, 0.1) is 8.07 Å². The quantitative estimate of drug-likeness (QED) is 0.248. The summed E-state index contributed by atoms with van der Waals surface area (Å²) in [5.41, 5.74) is 5.38. The first kappa shape index (κ1) is 23.0. The van der Waals surface area contributed by atoms with Crippen LogP contribution in [0.4, 0.5) is 0 Å². The number of hydrogen-bond donors (Lipinski definition) is 0. The molecule has 4 aromatic rings. The van der Waals surface area contributed by atoms with Crippen LogP contribution in [0.15, 0.2) is 98.1 Å². The molecule has 0 N–H and O–H groups in total. The summed E-state index contributed by atoms with van der Waals surface area (Å²) in [6.45, 7) is 0. The minimum Gasteiger partial charge on any atom is -0.264 e. The summed E-state index contributed by atoms with van der Waals surface area (Å²) < 4.78 is 0. The van der Waals surface area contributed by atoms with Gasteiger partial charge >= 0.3 is 0 Å². The second kappa shape index (κ2) is 12.2. The van der Waals surface area contributed by atoms with Gasteiger partial charge in [0, 0.05) is 49.6 Å². The molecule has 0 aliphatic carbocycles. The van der Waals surface area contributed by atoms with Gasteiger partial charge in [-0.2, -0.15) is 0 Å². The number of pyridine rings is 4. The lowest BCUT2D eigenvalue weighted by Crippen LogP contribution is -2.36. The van der Waals surface area contributed by atoms with E-state index < -0.39 is 8.07 Å². The van der Waals surface area contributed by atoms with Crippen LogP contribution in [-0.4, -0.2) is 28.0 Å². The van der Waals surface area contributed by atoms with Crippen LogP contribution < -0.4 is 0 Å². The van der Waals surface area contributed by atoms with E-state index in [2.05, 4.69) is 68.5 Å². The van der Waals surface area contributed by atoms with E-state index >= 15 is 0 Å². The molecule has 0 aromatic carbocycles. The molecule has 0 bridgehead atoms. The van der Waals surface area contributed by atoms with E-state index in [1.165, 1.54) is 46.4 Å². The summed E-state index contributed by atoms with van der Waals surface area (Å²) in [7, 11) is -1.64. The monoisotopic (exact) mass is 452 g/mol. The van der Waals surface area contributed by atoms with Crippen LogP contribution in [0.1, 0.15) is 22.3 Å². The zero-order valence-electron chi connectivity index (χ0n) is 19.2. The molecule has 4 nitrogen and oxygen atoms in total. The van der Waals surface area contributed by atoms with Crippen LogP contribution >= 0.6 is 0 Å². The maximum atomic E-state index is 4.36. The van der Waals surface area contributed by atoms with Crippen molar-refractivity contribution in [3.63, 3.8) is 0 Å². The zero-order valence-corrected chi connectivity index (χ0v) is 20.2. The standard InChI is InChI=1S/C28H32N4Si/c1-5-25(21-29-13-1)9-17-33(18-10-26-6-2-14-30-22-26,19-11-27-7-3-15-31-23-27)20-12-28-8-4-16-32-24-28/h1-8,13-16,21-24H,9-12,17-20H2. The van der Waals surface area contributed by atoms with Gasteiger partial charge < -0.3 is 0 Å². The Morgan fingerprint density at radius 3 is 0.909 bits per heavy atom. The average Bonchev–Trinajstić information content (AvgIpc) is 2.90. The van der Waals surface area contributed by atoms with E-state index in [9.17, 15) is 0 Å². The smallest absolute Gasteiger partial charge is 0.0548 e. The summed E-state index contributed by atoms with van der Waals surface area (Å²) in [6.07, 6.45) is 20.0. The van der Waals surface area contributed by atoms with Gasteiger partial charge in [-0.1, -0.05) is 48.4 Å². The molecular formula is C28H32N4Si. The van der Waals surface area contributed by atoms with Crippen LogP contribution in [0.3, 0.4) is 0 Å². The lowest BCUT2D eigenvalue weighted by atomic mass is 10.2. The number of nitrogens with zero attached hydrogens (tertiary/aromatic N) is 4. The number of rotatable bonds is 12. The highest BCUT2D eigenvalue weighted by atomic mass is 28.3. The highest BCUT2D eigenvalue weighted by Crippen LogP contribution is 2.32. The molecule has 0 unspecified atom stereocenters. The fraction of sp³-hybridized carbons (Fsp3) is 0.286. The predicted octanol–water partition coefficient (Wildman–Crippen LogP) is 5.99. The van der Waals surface area contributed by atoms with Crippen LogP contribution in [0, 0.1) is 0 Å². The Morgan fingerprint density at radius 1 is 0.424 bits per heavy atom.